The largest absolute Gasteiger partial charge is 0.370 e. The van der Waals surface area contributed by atoms with Crippen LogP contribution in [0.3, 0.4) is 0 Å². The van der Waals surface area contributed by atoms with E-state index >= 15 is 0 Å². The number of morpholine rings is 1. The van der Waals surface area contributed by atoms with Gasteiger partial charge in [0.1, 0.15) is 0 Å². The van der Waals surface area contributed by atoms with Crippen LogP contribution in [-0.2, 0) is 4.74 Å². The Balaban J connectivity index is 2.10. The fourth-order valence-corrected chi connectivity index (χ4v) is 2.37. The van der Waals surface area contributed by atoms with Crippen LogP contribution in [0, 0.1) is 13.8 Å². The highest BCUT2D eigenvalue weighted by molar-refractivity contribution is 5.30. The van der Waals surface area contributed by atoms with Gasteiger partial charge >= 0.3 is 0 Å². The van der Waals surface area contributed by atoms with E-state index in [2.05, 4.69) is 51.2 Å². The molecule has 1 N–H and O–H groups in total. The molecule has 0 spiro atoms. The molecule has 0 aromatic heterocycles. The Labute approximate surface area is 104 Å². The van der Waals surface area contributed by atoms with Gasteiger partial charge in [-0.15, -0.1) is 0 Å². The summed E-state index contributed by atoms with van der Waals surface area (Å²) in [6.45, 7) is 10.4. The molecule has 1 aliphatic heterocycles. The van der Waals surface area contributed by atoms with Crippen molar-refractivity contribution < 1.29 is 4.74 Å². The first-order chi connectivity index (χ1) is 8.02. The second kappa shape index (κ2) is 4.79. The number of ether oxygens (including phenoxy) is 1. The van der Waals surface area contributed by atoms with Gasteiger partial charge in [0.2, 0.25) is 0 Å². The average molecular weight is 233 g/mol. The number of nitrogens with one attached hydrogen (secondary N) is 1. The van der Waals surface area contributed by atoms with Gasteiger partial charge < -0.3 is 10.1 Å². The molecule has 2 nitrogen and oxygen atoms in total. The molecular weight excluding hydrogens is 210 g/mol. The van der Waals surface area contributed by atoms with Gasteiger partial charge in [0.25, 0.3) is 0 Å². The van der Waals surface area contributed by atoms with Crippen molar-refractivity contribution in [3.8, 4) is 0 Å². The molecule has 1 aliphatic rings. The lowest BCUT2D eigenvalue weighted by molar-refractivity contribution is -0.0299. The molecule has 2 atom stereocenters. The molecule has 94 valence electrons. The van der Waals surface area contributed by atoms with Crippen LogP contribution in [0.15, 0.2) is 18.2 Å². The maximum absolute atomic E-state index is 6.02. The highest BCUT2D eigenvalue weighted by Gasteiger charge is 2.30. The van der Waals surface area contributed by atoms with Crippen LogP contribution < -0.4 is 5.32 Å². The van der Waals surface area contributed by atoms with Gasteiger partial charge in [-0.3, -0.25) is 0 Å². The molecule has 17 heavy (non-hydrogen) atoms. The minimum absolute atomic E-state index is 0.148. The molecule has 2 heteroatoms. The van der Waals surface area contributed by atoms with Crippen LogP contribution in [0.4, 0.5) is 0 Å². The zero-order valence-electron chi connectivity index (χ0n) is 11.3. The Morgan fingerprint density at radius 3 is 2.41 bits per heavy atom. The number of hydrogen-bond acceptors (Lipinski definition) is 2. The predicted molar refractivity (Wildman–Crippen MR) is 71.3 cm³/mol. The van der Waals surface area contributed by atoms with Crippen molar-refractivity contribution >= 4 is 0 Å². The van der Waals surface area contributed by atoms with Crippen LogP contribution in [-0.4, -0.2) is 18.7 Å². The standard InChI is InChI=1S/C15H23NO/c1-5-15(4)10-17-14(9-16-15)13-7-11(2)6-12(3)8-13/h6-8,14,16H,5,9-10H2,1-4H3. The van der Waals surface area contributed by atoms with Gasteiger partial charge in [0, 0.05) is 12.1 Å². The zero-order chi connectivity index (χ0) is 12.5. The molecular formula is C15H23NO. The van der Waals surface area contributed by atoms with Gasteiger partial charge in [-0.25, -0.2) is 0 Å². The summed E-state index contributed by atoms with van der Waals surface area (Å²) in [5.74, 6) is 0. The van der Waals surface area contributed by atoms with Crippen molar-refractivity contribution in [2.75, 3.05) is 13.2 Å². The van der Waals surface area contributed by atoms with Crippen LogP contribution in [0.2, 0.25) is 0 Å². The van der Waals surface area contributed by atoms with Crippen molar-refractivity contribution in [1.29, 1.82) is 0 Å². The third kappa shape index (κ3) is 2.88. The molecule has 1 aromatic rings. The summed E-state index contributed by atoms with van der Waals surface area (Å²) in [6.07, 6.45) is 1.31. The molecule has 2 rings (SSSR count). The number of benzene rings is 1. The van der Waals surface area contributed by atoms with Crippen molar-refractivity contribution in [2.24, 2.45) is 0 Å². The first-order valence-electron chi connectivity index (χ1n) is 6.47. The summed E-state index contributed by atoms with van der Waals surface area (Å²) in [7, 11) is 0. The Morgan fingerprint density at radius 2 is 1.94 bits per heavy atom. The van der Waals surface area contributed by atoms with Crippen LogP contribution in [0.25, 0.3) is 0 Å². The highest BCUT2D eigenvalue weighted by Crippen LogP contribution is 2.26. The molecule has 0 radical (unpaired) electrons. The van der Waals surface area contributed by atoms with Crippen LogP contribution in [0.1, 0.15) is 43.1 Å². The number of rotatable bonds is 2. The number of hydrogen-bond donors (Lipinski definition) is 1. The quantitative estimate of drug-likeness (QED) is 0.847. The van der Waals surface area contributed by atoms with E-state index in [4.69, 9.17) is 4.74 Å². The van der Waals surface area contributed by atoms with E-state index in [1.54, 1.807) is 0 Å². The van der Waals surface area contributed by atoms with E-state index < -0.39 is 0 Å². The fourth-order valence-electron chi connectivity index (χ4n) is 2.37. The summed E-state index contributed by atoms with van der Waals surface area (Å²) in [5.41, 5.74) is 4.07. The van der Waals surface area contributed by atoms with E-state index in [1.807, 2.05) is 0 Å². The Morgan fingerprint density at radius 1 is 1.29 bits per heavy atom. The van der Waals surface area contributed by atoms with Gasteiger partial charge in [0.15, 0.2) is 0 Å². The molecule has 1 heterocycles. The van der Waals surface area contributed by atoms with Gasteiger partial charge in [-0.1, -0.05) is 36.2 Å². The summed E-state index contributed by atoms with van der Waals surface area (Å²) in [5, 5.41) is 3.61. The number of aryl methyl sites for hydroxylation is 2. The van der Waals surface area contributed by atoms with E-state index in [0.717, 1.165) is 19.6 Å². The molecule has 2 unspecified atom stereocenters. The minimum Gasteiger partial charge on any atom is -0.370 e. The van der Waals surface area contributed by atoms with Crippen molar-refractivity contribution in [2.45, 2.75) is 45.8 Å². The van der Waals surface area contributed by atoms with Crippen LogP contribution in [0.5, 0.6) is 0 Å². The van der Waals surface area contributed by atoms with E-state index in [-0.39, 0.29) is 11.6 Å². The molecule has 0 amide bonds. The first-order valence-corrected chi connectivity index (χ1v) is 6.47. The maximum atomic E-state index is 6.02. The zero-order valence-corrected chi connectivity index (χ0v) is 11.3. The van der Waals surface area contributed by atoms with Crippen molar-refractivity contribution in [1.82, 2.24) is 5.32 Å². The first kappa shape index (κ1) is 12.6. The van der Waals surface area contributed by atoms with Gasteiger partial charge in [-0.05, 0) is 32.8 Å². The summed E-state index contributed by atoms with van der Waals surface area (Å²) in [6, 6.07) is 6.66. The topological polar surface area (TPSA) is 21.3 Å². The Bertz CT molecular complexity index is 372. The smallest absolute Gasteiger partial charge is 0.0950 e. The lowest BCUT2D eigenvalue weighted by Crippen LogP contribution is -2.52. The Kier molecular flexibility index (Phi) is 3.55. The second-order valence-electron chi connectivity index (χ2n) is 5.52. The van der Waals surface area contributed by atoms with E-state index in [9.17, 15) is 0 Å². The summed E-state index contributed by atoms with van der Waals surface area (Å²) < 4.78 is 6.02. The molecule has 0 saturated carbocycles. The molecule has 0 bridgehead atoms. The monoisotopic (exact) mass is 233 g/mol. The van der Waals surface area contributed by atoms with E-state index in [0.29, 0.717) is 0 Å². The van der Waals surface area contributed by atoms with Gasteiger partial charge in [0.05, 0.1) is 12.7 Å². The van der Waals surface area contributed by atoms with Crippen LogP contribution >= 0.6 is 0 Å². The third-order valence-electron chi connectivity index (χ3n) is 3.71. The molecule has 1 saturated heterocycles. The Hall–Kier alpha value is -0.860. The normalized spacial score (nSPS) is 29.3. The molecule has 1 aromatic carbocycles. The third-order valence-corrected chi connectivity index (χ3v) is 3.71. The van der Waals surface area contributed by atoms with Crippen molar-refractivity contribution in [3.63, 3.8) is 0 Å². The SMILES string of the molecule is CCC1(C)COC(c2cc(C)cc(C)c2)CN1. The molecule has 1 fully saturated rings. The average Bonchev–Trinajstić information content (AvgIpc) is 2.29. The lowest BCUT2D eigenvalue weighted by atomic mass is 9.95. The summed E-state index contributed by atoms with van der Waals surface area (Å²) in [4.78, 5) is 0. The molecule has 0 aliphatic carbocycles. The predicted octanol–water partition coefficient (Wildman–Crippen LogP) is 3.13. The van der Waals surface area contributed by atoms with Crippen molar-refractivity contribution in [3.05, 3.63) is 34.9 Å². The minimum atomic E-state index is 0.148. The maximum Gasteiger partial charge on any atom is 0.0950 e. The fraction of sp³-hybridized carbons (Fsp3) is 0.600. The highest BCUT2D eigenvalue weighted by atomic mass is 16.5. The van der Waals surface area contributed by atoms with E-state index in [1.165, 1.54) is 16.7 Å². The summed E-state index contributed by atoms with van der Waals surface area (Å²) >= 11 is 0. The lowest BCUT2D eigenvalue weighted by Gasteiger charge is -2.38. The van der Waals surface area contributed by atoms with Gasteiger partial charge in [-0.2, -0.15) is 0 Å². The second-order valence-corrected chi connectivity index (χ2v) is 5.52.